The molecule has 0 aliphatic heterocycles. The zero-order chi connectivity index (χ0) is 15.0. The van der Waals surface area contributed by atoms with Crippen LogP contribution in [-0.2, 0) is 9.47 Å². The number of carbonyl (C=O) groups excluding carboxylic acids is 1. The fraction of sp³-hybridized carbons (Fsp3) is 0.941. The topological polar surface area (TPSA) is 35.5 Å². The Balaban J connectivity index is 2.25. The molecular formula is C17H32O3. The third-order valence-corrected chi connectivity index (χ3v) is 4.57. The fourth-order valence-electron chi connectivity index (χ4n) is 2.92. The maximum Gasteiger partial charge on any atom is 0.508 e. The van der Waals surface area contributed by atoms with Gasteiger partial charge in [0, 0.05) is 0 Å². The van der Waals surface area contributed by atoms with Gasteiger partial charge in [-0.2, -0.15) is 0 Å². The van der Waals surface area contributed by atoms with E-state index in [1.54, 1.807) is 0 Å². The molecule has 1 fully saturated rings. The molecule has 0 radical (unpaired) electrons. The van der Waals surface area contributed by atoms with Gasteiger partial charge in [0.1, 0.15) is 6.10 Å². The van der Waals surface area contributed by atoms with Gasteiger partial charge in [-0.05, 0) is 43.4 Å². The van der Waals surface area contributed by atoms with E-state index in [1.807, 2.05) is 0 Å². The molecule has 0 N–H and O–H groups in total. The third kappa shape index (κ3) is 6.15. The van der Waals surface area contributed by atoms with Crippen molar-refractivity contribution < 1.29 is 14.3 Å². The minimum atomic E-state index is -0.470. The standard InChI is InChI=1S/C17H32O3/c1-5-6-7-8-11-19-17(18)20-16-12-15(13(2)3)10-9-14(16)4/h13-16H,5-12H2,1-4H3. The van der Waals surface area contributed by atoms with E-state index in [4.69, 9.17) is 9.47 Å². The second-order valence-corrected chi connectivity index (χ2v) is 6.61. The van der Waals surface area contributed by atoms with Crippen LogP contribution in [0.25, 0.3) is 0 Å². The van der Waals surface area contributed by atoms with Gasteiger partial charge in [-0.3, -0.25) is 0 Å². The van der Waals surface area contributed by atoms with E-state index >= 15 is 0 Å². The molecule has 0 bridgehead atoms. The average molecular weight is 284 g/mol. The lowest BCUT2D eigenvalue weighted by atomic mass is 9.76. The van der Waals surface area contributed by atoms with E-state index in [-0.39, 0.29) is 6.10 Å². The lowest BCUT2D eigenvalue weighted by Gasteiger charge is -2.35. The minimum absolute atomic E-state index is 0.0410. The van der Waals surface area contributed by atoms with Gasteiger partial charge in [-0.25, -0.2) is 4.79 Å². The smallest absolute Gasteiger partial charge is 0.434 e. The van der Waals surface area contributed by atoms with Crippen molar-refractivity contribution >= 4 is 6.16 Å². The zero-order valence-corrected chi connectivity index (χ0v) is 13.7. The Morgan fingerprint density at radius 3 is 2.60 bits per heavy atom. The summed E-state index contributed by atoms with van der Waals surface area (Å²) in [6.07, 6.45) is 7.43. The number of rotatable bonds is 7. The predicted molar refractivity (Wildman–Crippen MR) is 81.7 cm³/mol. The van der Waals surface area contributed by atoms with Crippen molar-refractivity contribution in [1.29, 1.82) is 0 Å². The maximum absolute atomic E-state index is 11.7. The van der Waals surface area contributed by atoms with Crippen LogP contribution in [0.1, 0.15) is 72.6 Å². The number of hydrogen-bond donors (Lipinski definition) is 0. The Bertz CT molecular complexity index is 275. The van der Waals surface area contributed by atoms with E-state index < -0.39 is 6.16 Å². The highest BCUT2D eigenvalue weighted by atomic mass is 16.7. The van der Waals surface area contributed by atoms with Crippen molar-refractivity contribution in [3.8, 4) is 0 Å². The van der Waals surface area contributed by atoms with Gasteiger partial charge >= 0.3 is 6.16 Å². The normalized spacial score (nSPS) is 26.6. The van der Waals surface area contributed by atoms with Crippen LogP contribution in [0, 0.1) is 17.8 Å². The second kappa shape index (κ2) is 9.25. The number of ether oxygens (including phenoxy) is 2. The molecule has 3 unspecified atom stereocenters. The van der Waals surface area contributed by atoms with Crippen molar-refractivity contribution in [3.63, 3.8) is 0 Å². The van der Waals surface area contributed by atoms with Gasteiger partial charge in [-0.1, -0.05) is 47.0 Å². The summed E-state index contributed by atoms with van der Waals surface area (Å²) in [5.41, 5.74) is 0. The number of carbonyl (C=O) groups is 1. The molecule has 0 spiro atoms. The van der Waals surface area contributed by atoms with Crippen LogP contribution in [0.3, 0.4) is 0 Å². The van der Waals surface area contributed by atoms with Crippen LogP contribution in [0.4, 0.5) is 4.79 Å². The minimum Gasteiger partial charge on any atom is -0.434 e. The summed E-state index contributed by atoms with van der Waals surface area (Å²) in [5, 5.41) is 0. The van der Waals surface area contributed by atoms with Crippen LogP contribution in [0.5, 0.6) is 0 Å². The molecule has 3 atom stereocenters. The molecular weight excluding hydrogens is 252 g/mol. The first kappa shape index (κ1) is 17.3. The molecule has 0 heterocycles. The van der Waals surface area contributed by atoms with Crippen LogP contribution < -0.4 is 0 Å². The molecule has 3 nitrogen and oxygen atoms in total. The molecule has 3 heteroatoms. The summed E-state index contributed by atoms with van der Waals surface area (Å²) in [4.78, 5) is 11.7. The van der Waals surface area contributed by atoms with Crippen molar-refractivity contribution in [2.45, 2.75) is 78.7 Å². The largest absolute Gasteiger partial charge is 0.508 e. The zero-order valence-electron chi connectivity index (χ0n) is 13.7. The van der Waals surface area contributed by atoms with Crippen molar-refractivity contribution in [3.05, 3.63) is 0 Å². The van der Waals surface area contributed by atoms with E-state index in [1.165, 1.54) is 19.3 Å². The average Bonchev–Trinajstić information content (AvgIpc) is 2.40. The summed E-state index contributed by atoms with van der Waals surface area (Å²) >= 11 is 0. The summed E-state index contributed by atoms with van der Waals surface area (Å²) < 4.78 is 10.7. The number of unbranched alkanes of at least 4 members (excludes halogenated alkanes) is 3. The highest BCUT2D eigenvalue weighted by Gasteiger charge is 2.32. The summed E-state index contributed by atoms with van der Waals surface area (Å²) in [7, 11) is 0. The molecule has 0 aromatic carbocycles. The van der Waals surface area contributed by atoms with Crippen LogP contribution in [0.2, 0.25) is 0 Å². The van der Waals surface area contributed by atoms with Gasteiger partial charge in [0.2, 0.25) is 0 Å². The van der Waals surface area contributed by atoms with E-state index in [9.17, 15) is 4.79 Å². The molecule has 0 saturated heterocycles. The predicted octanol–water partition coefficient (Wildman–Crippen LogP) is 5.18. The van der Waals surface area contributed by atoms with Crippen molar-refractivity contribution in [1.82, 2.24) is 0 Å². The van der Waals surface area contributed by atoms with Crippen LogP contribution in [-0.4, -0.2) is 18.9 Å². The second-order valence-electron chi connectivity index (χ2n) is 6.61. The molecule has 0 aromatic heterocycles. The number of hydrogen-bond acceptors (Lipinski definition) is 3. The first-order valence-corrected chi connectivity index (χ1v) is 8.38. The maximum atomic E-state index is 11.7. The lowest BCUT2D eigenvalue weighted by Crippen LogP contribution is -2.34. The monoisotopic (exact) mass is 284 g/mol. The molecule has 1 aliphatic rings. The molecule has 118 valence electrons. The van der Waals surface area contributed by atoms with E-state index in [0.717, 1.165) is 25.7 Å². The van der Waals surface area contributed by atoms with E-state index in [0.29, 0.717) is 24.4 Å². The molecule has 20 heavy (non-hydrogen) atoms. The fourth-order valence-corrected chi connectivity index (χ4v) is 2.92. The van der Waals surface area contributed by atoms with Gasteiger partial charge in [0.15, 0.2) is 0 Å². The Kier molecular flexibility index (Phi) is 8.01. The first-order chi connectivity index (χ1) is 9.54. The third-order valence-electron chi connectivity index (χ3n) is 4.57. The van der Waals surface area contributed by atoms with Gasteiger partial charge in [0.05, 0.1) is 6.61 Å². The SMILES string of the molecule is CCCCCCOC(=O)OC1CC(C(C)C)CCC1C. The Labute approximate surface area is 124 Å². The Hall–Kier alpha value is -0.730. The molecule has 0 aromatic rings. The quantitative estimate of drug-likeness (QED) is 0.477. The highest BCUT2D eigenvalue weighted by Crippen LogP contribution is 2.35. The van der Waals surface area contributed by atoms with Crippen molar-refractivity contribution in [2.24, 2.45) is 17.8 Å². The van der Waals surface area contributed by atoms with Crippen LogP contribution >= 0.6 is 0 Å². The van der Waals surface area contributed by atoms with Crippen molar-refractivity contribution in [2.75, 3.05) is 6.61 Å². The Morgan fingerprint density at radius 2 is 1.95 bits per heavy atom. The molecule has 1 rings (SSSR count). The van der Waals surface area contributed by atoms with E-state index in [2.05, 4.69) is 27.7 Å². The Morgan fingerprint density at radius 1 is 1.20 bits per heavy atom. The van der Waals surface area contributed by atoms with Crippen LogP contribution in [0.15, 0.2) is 0 Å². The summed E-state index contributed by atoms with van der Waals surface area (Å²) in [6.45, 7) is 9.35. The molecule has 0 amide bonds. The van der Waals surface area contributed by atoms with Gasteiger partial charge in [-0.15, -0.1) is 0 Å². The lowest BCUT2D eigenvalue weighted by molar-refractivity contribution is -0.0239. The first-order valence-electron chi connectivity index (χ1n) is 8.38. The van der Waals surface area contributed by atoms with Gasteiger partial charge < -0.3 is 9.47 Å². The molecule has 1 saturated carbocycles. The van der Waals surface area contributed by atoms with Gasteiger partial charge in [0.25, 0.3) is 0 Å². The summed E-state index contributed by atoms with van der Waals surface area (Å²) in [6, 6.07) is 0. The highest BCUT2D eigenvalue weighted by molar-refractivity contribution is 5.60. The summed E-state index contributed by atoms with van der Waals surface area (Å²) in [5.74, 6) is 1.80. The molecule has 1 aliphatic carbocycles.